The van der Waals surface area contributed by atoms with Gasteiger partial charge in [0, 0.05) is 11.3 Å². The molecule has 1 aliphatic carbocycles. The van der Waals surface area contributed by atoms with Gasteiger partial charge in [0.05, 0.1) is 13.2 Å². The van der Waals surface area contributed by atoms with Gasteiger partial charge in [0.25, 0.3) is 0 Å². The standard InChI is InChI=1S/C15H24O3/c1-4-5-12(2)15(17-10-11-18-15)14(8-9-14)7-6-13(3)16/h6-7,12H,4-5,8-11H2,1-3H3. The van der Waals surface area contributed by atoms with E-state index in [4.69, 9.17) is 9.47 Å². The van der Waals surface area contributed by atoms with E-state index in [9.17, 15) is 4.79 Å². The predicted octanol–water partition coefficient (Wildman–Crippen LogP) is 3.09. The Morgan fingerprint density at radius 2 is 1.94 bits per heavy atom. The first-order valence-corrected chi connectivity index (χ1v) is 7.04. The molecule has 3 nitrogen and oxygen atoms in total. The van der Waals surface area contributed by atoms with Crippen molar-refractivity contribution in [2.24, 2.45) is 11.3 Å². The highest BCUT2D eigenvalue weighted by Crippen LogP contribution is 2.61. The predicted molar refractivity (Wildman–Crippen MR) is 70.2 cm³/mol. The van der Waals surface area contributed by atoms with Crippen molar-refractivity contribution in [2.45, 2.75) is 52.2 Å². The third-order valence-electron chi connectivity index (χ3n) is 4.21. The summed E-state index contributed by atoms with van der Waals surface area (Å²) in [6.45, 7) is 7.32. The highest BCUT2D eigenvalue weighted by Gasteiger charge is 2.63. The minimum Gasteiger partial charge on any atom is -0.346 e. The molecule has 102 valence electrons. The van der Waals surface area contributed by atoms with E-state index in [1.165, 1.54) is 0 Å². The molecule has 0 radical (unpaired) electrons. The lowest BCUT2D eigenvalue weighted by Gasteiger charge is -2.39. The fraction of sp³-hybridized carbons (Fsp3) is 0.800. The molecule has 3 heteroatoms. The highest BCUT2D eigenvalue weighted by atomic mass is 16.7. The third-order valence-corrected chi connectivity index (χ3v) is 4.21. The maximum atomic E-state index is 11.2. The van der Waals surface area contributed by atoms with Crippen LogP contribution in [0.2, 0.25) is 0 Å². The van der Waals surface area contributed by atoms with Gasteiger partial charge < -0.3 is 9.47 Å². The fourth-order valence-electron chi connectivity index (χ4n) is 3.16. The van der Waals surface area contributed by atoms with Crippen LogP contribution in [-0.4, -0.2) is 24.8 Å². The Kier molecular flexibility index (Phi) is 3.93. The van der Waals surface area contributed by atoms with Gasteiger partial charge in [-0.2, -0.15) is 0 Å². The summed E-state index contributed by atoms with van der Waals surface area (Å²) in [5.74, 6) is -0.0312. The zero-order valence-corrected chi connectivity index (χ0v) is 11.7. The number of ketones is 1. The van der Waals surface area contributed by atoms with E-state index in [0.29, 0.717) is 19.1 Å². The zero-order valence-electron chi connectivity index (χ0n) is 11.7. The Balaban J connectivity index is 2.22. The van der Waals surface area contributed by atoms with Crippen LogP contribution in [0.25, 0.3) is 0 Å². The summed E-state index contributed by atoms with van der Waals surface area (Å²) in [6.07, 6.45) is 8.05. The molecule has 1 saturated heterocycles. The number of hydrogen-bond donors (Lipinski definition) is 0. The third kappa shape index (κ3) is 2.26. The average molecular weight is 252 g/mol. The Morgan fingerprint density at radius 3 is 2.39 bits per heavy atom. The molecule has 2 aliphatic rings. The van der Waals surface area contributed by atoms with Crippen molar-refractivity contribution in [1.29, 1.82) is 0 Å². The first-order chi connectivity index (χ1) is 8.56. The molecule has 1 saturated carbocycles. The molecule has 0 aromatic rings. The second-order valence-electron chi connectivity index (χ2n) is 5.65. The van der Waals surface area contributed by atoms with Gasteiger partial charge in [-0.25, -0.2) is 0 Å². The number of allylic oxidation sites excluding steroid dienone is 1. The molecule has 0 bridgehead atoms. The minimum atomic E-state index is -0.491. The average Bonchev–Trinajstić information content (AvgIpc) is 2.96. The van der Waals surface area contributed by atoms with Gasteiger partial charge in [-0.15, -0.1) is 0 Å². The fourth-order valence-corrected chi connectivity index (χ4v) is 3.16. The van der Waals surface area contributed by atoms with Crippen molar-refractivity contribution in [3.05, 3.63) is 12.2 Å². The van der Waals surface area contributed by atoms with E-state index < -0.39 is 5.79 Å². The van der Waals surface area contributed by atoms with E-state index in [-0.39, 0.29) is 11.2 Å². The topological polar surface area (TPSA) is 35.5 Å². The molecular weight excluding hydrogens is 228 g/mol. The maximum Gasteiger partial charge on any atom is 0.180 e. The first kappa shape index (κ1) is 13.8. The van der Waals surface area contributed by atoms with Gasteiger partial charge in [-0.3, -0.25) is 4.79 Å². The van der Waals surface area contributed by atoms with Gasteiger partial charge in [0.2, 0.25) is 0 Å². The van der Waals surface area contributed by atoms with Crippen LogP contribution in [0.1, 0.15) is 46.5 Å². The van der Waals surface area contributed by atoms with Crippen molar-refractivity contribution in [3.8, 4) is 0 Å². The molecular formula is C15H24O3. The number of rotatable bonds is 6. The number of carbonyl (C=O) groups is 1. The van der Waals surface area contributed by atoms with Crippen molar-refractivity contribution < 1.29 is 14.3 Å². The van der Waals surface area contributed by atoms with Crippen LogP contribution in [0.15, 0.2) is 12.2 Å². The Hall–Kier alpha value is -0.670. The summed E-state index contributed by atoms with van der Waals surface area (Å²) >= 11 is 0. The second kappa shape index (κ2) is 5.14. The van der Waals surface area contributed by atoms with Crippen LogP contribution in [0.5, 0.6) is 0 Å². The summed E-state index contributed by atoms with van der Waals surface area (Å²) in [6, 6.07) is 0. The van der Waals surface area contributed by atoms with Gasteiger partial charge in [0.15, 0.2) is 11.6 Å². The molecule has 18 heavy (non-hydrogen) atoms. The maximum absolute atomic E-state index is 11.2. The van der Waals surface area contributed by atoms with Crippen molar-refractivity contribution in [2.75, 3.05) is 13.2 Å². The molecule has 1 atom stereocenters. The van der Waals surface area contributed by atoms with Crippen LogP contribution < -0.4 is 0 Å². The van der Waals surface area contributed by atoms with Gasteiger partial charge in [-0.05, 0) is 32.3 Å². The molecule has 0 aromatic carbocycles. The zero-order chi connectivity index (χ0) is 13.2. The summed E-state index contributed by atoms with van der Waals surface area (Å²) in [4.78, 5) is 11.2. The largest absolute Gasteiger partial charge is 0.346 e. The normalized spacial score (nSPS) is 26.4. The van der Waals surface area contributed by atoms with E-state index in [0.717, 1.165) is 25.7 Å². The lowest BCUT2D eigenvalue weighted by Crippen LogP contribution is -2.46. The van der Waals surface area contributed by atoms with Gasteiger partial charge in [-0.1, -0.05) is 26.3 Å². The molecule has 0 spiro atoms. The Bertz CT molecular complexity index is 336. The van der Waals surface area contributed by atoms with Crippen LogP contribution in [0.3, 0.4) is 0 Å². The monoisotopic (exact) mass is 252 g/mol. The Morgan fingerprint density at radius 1 is 1.33 bits per heavy atom. The van der Waals surface area contributed by atoms with Crippen LogP contribution in [0.4, 0.5) is 0 Å². The summed E-state index contributed by atoms with van der Waals surface area (Å²) < 4.78 is 12.1. The van der Waals surface area contributed by atoms with Crippen molar-refractivity contribution >= 4 is 5.78 Å². The van der Waals surface area contributed by atoms with Crippen LogP contribution in [-0.2, 0) is 14.3 Å². The highest BCUT2D eigenvalue weighted by molar-refractivity contribution is 5.87. The van der Waals surface area contributed by atoms with E-state index >= 15 is 0 Å². The summed E-state index contributed by atoms with van der Waals surface area (Å²) in [7, 11) is 0. The lowest BCUT2D eigenvalue weighted by molar-refractivity contribution is -0.228. The van der Waals surface area contributed by atoms with Gasteiger partial charge in [0.1, 0.15) is 0 Å². The number of hydrogen-bond acceptors (Lipinski definition) is 3. The summed E-state index contributed by atoms with van der Waals surface area (Å²) in [5.41, 5.74) is -0.0657. The second-order valence-corrected chi connectivity index (χ2v) is 5.65. The number of carbonyl (C=O) groups excluding carboxylic acids is 1. The summed E-state index contributed by atoms with van der Waals surface area (Å²) in [5, 5.41) is 0. The molecule has 0 N–H and O–H groups in total. The molecule has 2 rings (SSSR count). The van der Waals surface area contributed by atoms with Crippen molar-refractivity contribution in [3.63, 3.8) is 0 Å². The van der Waals surface area contributed by atoms with Crippen LogP contribution >= 0.6 is 0 Å². The minimum absolute atomic E-state index is 0.0657. The lowest BCUT2D eigenvalue weighted by atomic mass is 9.82. The molecule has 0 aromatic heterocycles. The van der Waals surface area contributed by atoms with Crippen LogP contribution in [0, 0.1) is 11.3 Å². The van der Waals surface area contributed by atoms with E-state index in [2.05, 4.69) is 13.8 Å². The molecule has 2 fully saturated rings. The molecule has 1 unspecified atom stereocenters. The number of ether oxygens (including phenoxy) is 2. The smallest absolute Gasteiger partial charge is 0.180 e. The van der Waals surface area contributed by atoms with E-state index in [1.807, 2.05) is 6.08 Å². The van der Waals surface area contributed by atoms with Gasteiger partial charge >= 0.3 is 0 Å². The molecule has 1 aliphatic heterocycles. The SMILES string of the molecule is CCCC(C)C1(C2(C=CC(C)=O)CC2)OCCO1. The Labute approximate surface area is 110 Å². The van der Waals surface area contributed by atoms with Crippen molar-refractivity contribution in [1.82, 2.24) is 0 Å². The first-order valence-electron chi connectivity index (χ1n) is 7.04. The van der Waals surface area contributed by atoms with E-state index in [1.54, 1.807) is 13.0 Å². The molecule has 1 heterocycles. The quantitative estimate of drug-likeness (QED) is 0.681. The molecule has 0 amide bonds.